The number of amides is 1. The van der Waals surface area contributed by atoms with Crippen LogP contribution >= 0.6 is 0 Å². The summed E-state index contributed by atoms with van der Waals surface area (Å²) in [4.78, 5) is 12.1. The van der Waals surface area contributed by atoms with Gasteiger partial charge in [0.05, 0.1) is 6.04 Å². The van der Waals surface area contributed by atoms with Crippen LogP contribution in [0.15, 0.2) is 42.5 Å². The van der Waals surface area contributed by atoms with E-state index in [0.717, 1.165) is 28.9 Å². The number of nitrogens with one attached hydrogen (secondary N) is 1. The standard InChI is InChI=1S/C20H25NO2/c1-5-17-6-8-18(9-7-17)16(4)21-20(22)13-23-19-11-14(2)10-15(3)12-19/h6-12,16H,5,13H2,1-4H3,(H,21,22)/t16-/m1/s1. The molecule has 0 aliphatic carbocycles. The van der Waals surface area contributed by atoms with Crippen LogP contribution in [0.25, 0.3) is 0 Å². The molecule has 3 heteroatoms. The molecule has 1 N–H and O–H groups in total. The summed E-state index contributed by atoms with van der Waals surface area (Å²) in [5.74, 6) is 0.619. The first-order chi connectivity index (χ1) is 11.0. The summed E-state index contributed by atoms with van der Waals surface area (Å²) in [5, 5.41) is 2.97. The molecular weight excluding hydrogens is 286 g/mol. The summed E-state index contributed by atoms with van der Waals surface area (Å²) < 4.78 is 5.59. The van der Waals surface area contributed by atoms with Gasteiger partial charge in [0.1, 0.15) is 5.75 Å². The smallest absolute Gasteiger partial charge is 0.258 e. The predicted molar refractivity (Wildman–Crippen MR) is 93.8 cm³/mol. The maximum Gasteiger partial charge on any atom is 0.258 e. The Labute approximate surface area is 138 Å². The summed E-state index contributed by atoms with van der Waals surface area (Å²) in [6.07, 6.45) is 1.02. The van der Waals surface area contributed by atoms with Crippen molar-refractivity contribution in [3.05, 3.63) is 64.7 Å². The molecule has 0 radical (unpaired) electrons. The quantitative estimate of drug-likeness (QED) is 0.871. The molecule has 1 atom stereocenters. The number of aryl methyl sites for hydroxylation is 3. The number of ether oxygens (including phenoxy) is 1. The highest BCUT2D eigenvalue weighted by Crippen LogP contribution is 2.17. The van der Waals surface area contributed by atoms with Gasteiger partial charge in [-0.15, -0.1) is 0 Å². The maximum absolute atomic E-state index is 12.1. The second-order valence-electron chi connectivity index (χ2n) is 6.00. The average molecular weight is 311 g/mol. The molecule has 0 aliphatic heterocycles. The third-order valence-corrected chi connectivity index (χ3v) is 3.83. The number of benzene rings is 2. The van der Waals surface area contributed by atoms with E-state index < -0.39 is 0 Å². The van der Waals surface area contributed by atoms with Crippen LogP contribution in [0.1, 0.15) is 42.1 Å². The third-order valence-electron chi connectivity index (χ3n) is 3.83. The van der Waals surface area contributed by atoms with Crippen molar-refractivity contribution < 1.29 is 9.53 Å². The second kappa shape index (κ2) is 7.82. The summed E-state index contributed by atoms with van der Waals surface area (Å²) in [6.45, 7) is 8.17. The van der Waals surface area contributed by atoms with E-state index in [0.29, 0.717) is 0 Å². The van der Waals surface area contributed by atoms with Crippen LogP contribution < -0.4 is 10.1 Å². The number of rotatable bonds is 6. The molecule has 23 heavy (non-hydrogen) atoms. The van der Waals surface area contributed by atoms with Crippen molar-refractivity contribution in [3.63, 3.8) is 0 Å². The third kappa shape index (κ3) is 5.13. The van der Waals surface area contributed by atoms with Crippen molar-refractivity contribution in [2.45, 2.75) is 40.2 Å². The molecule has 2 rings (SSSR count). The van der Waals surface area contributed by atoms with Gasteiger partial charge < -0.3 is 10.1 Å². The van der Waals surface area contributed by atoms with Crippen molar-refractivity contribution in [3.8, 4) is 5.75 Å². The minimum absolute atomic E-state index is 0.0281. The van der Waals surface area contributed by atoms with Crippen LogP contribution in [0.3, 0.4) is 0 Å². The molecule has 0 spiro atoms. The Balaban J connectivity index is 1.88. The Morgan fingerprint density at radius 1 is 1.09 bits per heavy atom. The Bertz CT molecular complexity index is 642. The highest BCUT2D eigenvalue weighted by molar-refractivity contribution is 5.78. The SMILES string of the molecule is CCc1ccc([C@@H](C)NC(=O)COc2cc(C)cc(C)c2)cc1. The van der Waals surface area contributed by atoms with Crippen LogP contribution in [0.2, 0.25) is 0 Å². The molecule has 0 saturated heterocycles. The minimum atomic E-state index is -0.115. The van der Waals surface area contributed by atoms with Gasteiger partial charge in [-0.2, -0.15) is 0 Å². The Hall–Kier alpha value is -2.29. The molecule has 0 saturated carbocycles. The Morgan fingerprint density at radius 3 is 2.26 bits per heavy atom. The van der Waals surface area contributed by atoms with Crippen LogP contribution in [0.5, 0.6) is 5.75 Å². The first-order valence-electron chi connectivity index (χ1n) is 8.07. The summed E-state index contributed by atoms with van der Waals surface area (Å²) in [5.41, 5.74) is 4.65. The van der Waals surface area contributed by atoms with Gasteiger partial charge in [-0.1, -0.05) is 37.3 Å². The van der Waals surface area contributed by atoms with Gasteiger partial charge in [-0.3, -0.25) is 4.79 Å². The molecule has 0 aromatic heterocycles. The zero-order valence-corrected chi connectivity index (χ0v) is 14.3. The molecule has 0 heterocycles. The Kier molecular flexibility index (Phi) is 5.80. The molecule has 2 aromatic carbocycles. The van der Waals surface area contributed by atoms with Gasteiger partial charge in [-0.25, -0.2) is 0 Å². The maximum atomic E-state index is 12.1. The number of hydrogen-bond acceptors (Lipinski definition) is 2. The van der Waals surface area contributed by atoms with Crippen LogP contribution in [-0.4, -0.2) is 12.5 Å². The van der Waals surface area contributed by atoms with E-state index in [-0.39, 0.29) is 18.6 Å². The molecule has 2 aromatic rings. The largest absolute Gasteiger partial charge is 0.484 e. The number of carbonyl (C=O) groups is 1. The molecule has 0 aliphatic rings. The van der Waals surface area contributed by atoms with Gasteiger partial charge in [0.2, 0.25) is 0 Å². The van der Waals surface area contributed by atoms with E-state index in [1.54, 1.807) is 0 Å². The molecule has 0 fully saturated rings. The predicted octanol–water partition coefficient (Wildman–Crippen LogP) is 4.12. The molecule has 1 amide bonds. The highest BCUT2D eigenvalue weighted by Gasteiger charge is 2.10. The molecular formula is C20H25NO2. The minimum Gasteiger partial charge on any atom is -0.484 e. The average Bonchev–Trinajstić information content (AvgIpc) is 2.52. The lowest BCUT2D eigenvalue weighted by atomic mass is 10.1. The van der Waals surface area contributed by atoms with E-state index >= 15 is 0 Å². The van der Waals surface area contributed by atoms with Gasteiger partial charge in [0.15, 0.2) is 6.61 Å². The fourth-order valence-electron chi connectivity index (χ4n) is 2.57. The fourth-order valence-corrected chi connectivity index (χ4v) is 2.57. The fraction of sp³-hybridized carbons (Fsp3) is 0.350. The van der Waals surface area contributed by atoms with Crippen molar-refractivity contribution in [1.82, 2.24) is 5.32 Å². The van der Waals surface area contributed by atoms with Crippen LogP contribution in [0.4, 0.5) is 0 Å². The number of carbonyl (C=O) groups excluding carboxylic acids is 1. The summed E-state index contributed by atoms with van der Waals surface area (Å²) in [7, 11) is 0. The van der Waals surface area contributed by atoms with Crippen molar-refractivity contribution >= 4 is 5.91 Å². The highest BCUT2D eigenvalue weighted by atomic mass is 16.5. The number of hydrogen-bond donors (Lipinski definition) is 1. The normalized spacial score (nSPS) is 11.8. The zero-order chi connectivity index (χ0) is 16.8. The molecule has 0 unspecified atom stereocenters. The van der Waals surface area contributed by atoms with Gasteiger partial charge in [0, 0.05) is 0 Å². The summed E-state index contributed by atoms with van der Waals surface area (Å²) >= 11 is 0. The molecule has 3 nitrogen and oxygen atoms in total. The van der Waals surface area contributed by atoms with Crippen molar-refractivity contribution in [2.75, 3.05) is 6.61 Å². The summed E-state index contributed by atoms with van der Waals surface area (Å²) in [6, 6.07) is 14.3. The van der Waals surface area contributed by atoms with Gasteiger partial charge in [0.25, 0.3) is 5.91 Å². The Morgan fingerprint density at radius 2 is 1.70 bits per heavy atom. The zero-order valence-electron chi connectivity index (χ0n) is 14.3. The van der Waals surface area contributed by atoms with Crippen molar-refractivity contribution in [1.29, 1.82) is 0 Å². The van der Waals surface area contributed by atoms with E-state index in [4.69, 9.17) is 4.74 Å². The molecule has 122 valence electrons. The lowest BCUT2D eigenvalue weighted by molar-refractivity contribution is -0.123. The van der Waals surface area contributed by atoms with Gasteiger partial charge >= 0.3 is 0 Å². The first-order valence-corrected chi connectivity index (χ1v) is 8.07. The van der Waals surface area contributed by atoms with Crippen LogP contribution in [-0.2, 0) is 11.2 Å². The van der Waals surface area contributed by atoms with E-state index in [1.165, 1.54) is 5.56 Å². The van der Waals surface area contributed by atoms with E-state index in [1.807, 2.05) is 32.9 Å². The van der Waals surface area contributed by atoms with E-state index in [9.17, 15) is 4.79 Å². The topological polar surface area (TPSA) is 38.3 Å². The lowest BCUT2D eigenvalue weighted by Gasteiger charge is -2.15. The van der Waals surface area contributed by atoms with Crippen LogP contribution in [0, 0.1) is 13.8 Å². The lowest BCUT2D eigenvalue weighted by Crippen LogP contribution is -2.31. The first kappa shape index (κ1) is 17.1. The van der Waals surface area contributed by atoms with E-state index in [2.05, 4.69) is 42.6 Å². The second-order valence-corrected chi connectivity index (χ2v) is 6.00. The van der Waals surface area contributed by atoms with Gasteiger partial charge in [-0.05, 0) is 61.6 Å². The monoisotopic (exact) mass is 311 g/mol. The molecule has 0 bridgehead atoms. The van der Waals surface area contributed by atoms with Crippen molar-refractivity contribution in [2.24, 2.45) is 0 Å².